The molecule has 5 N–H and O–H groups in total. The molecular formula is C23H28N6O4. The first-order valence-electron chi connectivity index (χ1n) is 10.7. The second kappa shape index (κ2) is 10.6. The van der Waals surface area contributed by atoms with Crippen molar-refractivity contribution in [3.8, 4) is 0 Å². The second-order valence-corrected chi connectivity index (χ2v) is 7.81. The van der Waals surface area contributed by atoms with Crippen LogP contribution in [-0.4, -0.2) is 53.0 Å². The van der Waals surface area contributed by atoms with Gasteiger partial charge in [0.25, 0.3) is 5.91 Å². The number of rotatable bonds is 7. The Bertz CT molecular complexity index is 1020. The Balaban J connectivity index is 1.98. The zero-order valence-electron chi connectivity index (χ0n) is 18.4. The summed E-state index contributed by atoms with van der Waals surface area (Å²) >= 11 is 0. The predicted octanol–water partition coefficient (Wildman–Crippen LogP) is 2.45. The van der Waals surface area contributed by atoms with Gasteiger partial charge < -0.3 is 20.7 Å². The molecule has 0 saturated carbocycles. The van der Waals surface area contributed by atoms with E-state index in [1.54, 1.807) is 47.4 Å². The molecule has 33 heavy (non-hydrogen) atoms. The zero-order chi connectivity index (χ0) is 23.8. The zero-order valence-corrected chi connectivity index (χ0v) is 18.4. The molecule has 2 aromatic rings. The first-order chi connectivity index (χ1) is 15.9. The minimum absolute atomic E-state index is 0.188. The molecule has 10 heteroatoms. The van der Waals surface area contributed by atoms with Gasteiger partial charge in [0.15, 0.2) is 0 Å². The number of likely N-dealkylation sites (tertiary alicyclic amines) is 1. The summed E-state index contributed by atoms with van der Waals surface area (Å²) in [6.45, 7) is 2.37. The number of hydrogen-bond acceptors (Lipinski definition) is 5. The Kier molecular flexibility index (Phi) is 7.62. The highest BCUT2D eigenvalue weighted by molar-refractivity contribution is 6.05. The molecule has 1 saturated heterocycles. The lowest BCUT2D eigenvalue weighted by Crippen LogP contribution is -2.68. The van der Waals surface area contributed by atoms with Crippen LogP contribution in [0.3, 0.4) is 0 Å². The third-order valence-electron chi connectivity index (χ3n) is 5.45. The fourth-order valence-electron chi connectivity index (χ4n) is 3.70. The largest absolute Gasteiger partial charge is 0.478 e. The molecule has 0 aromatic heterocycles. The molecule has 3 rings (SSSR count). The maximum Gasteiger partial charge on any atom is 0.350 e. The van der Waals surface area contributed by atoms with Gasteiger partial charge in [-0.15, -0.1) is 0 Å². The van der Waals surface area contributed by atoms with Gasteiger partial charge in [0.2, 0.25) is 5.66 Å². The van der Waals surface area contributed by atoms with Crippen molar-refractivity contribution in [1.29, 1.82) is 0 Å². The second-order valence-electron chi connectivity index (χ2n) is 7.81. The number of carbonyl (C=O) groups excluding carboxylic acids is 2. The number of hydrazine groups is 1. The topological polar surface area (TPSA) is 140 Å². The normalized spacial score (nSPS) is 15.5. The monoisotopic (exact) mass is 452 g/mol. The summed E-state index contributed by atoms with van der Waals surface area (Å²) in [5.41, 5.74) is 1.23. The van der Waals surface area contributed by atoms with Crippen molar-refractivity contribution in [1.82, 2.24) is 15.6 Å². The Morgan fingerprint density at radius 1 is 1.09 bits per heavy atom. The highest BCUT2D eigenvalue weighted by atomic mass is 16.4. The first-order valence-corrected chi connectivity index (χ1v) is 10.7. The van der Waals surface area contributed by atoms with Gasteiger partial charge in [0, 0.05) is 24.3 Å². The van der Waals surface area contributed by atoms with Gasteiger partial charge >= 0.3 is 12.0 Å². The number of piperidine rings is 1. The molecule has 1 aliphatic rings. The van der Waals surface area contributed by atoms with Crippen LogP contribution in [-0.2, 0) is 4.79 Å². The molecule has 1 heterocycles. The van der Waals surface area contributed by atoms with E-state index in [9.17, 15) is 19.5 Å². The fraction of sp³-hybridized carbons (Fsp3) is 0.304. The van der Waals surface area contributed by atoms with Gasteiger partial charge in [-0.1, -0.05) is 24.3 Å². The van der Waals surface area contributed by atoms with Crippen LogP contribution in [0.4, 0.5) is 16.2 Å². The van der Waals surface area contributed by atoms with Crippen molar-refractivity contribution in [3.05, 3.63) is 60.2 Å². The molecule has 174 valence electrons. The lowest BCUT2D eigenvalue weighted by atomic mass is 10.1. The highest BCUT2D eigenvalue weighted by Gasteiger charge is 2.46. The molecule has 3 amide bonds. The van der Waals surface area contributed by atoms with Gasteiger partial charge in [0.1, 0.15) is 6.34 Å². The number of benzene rings is 2. The summed E-state index contributed by atoms with van der Waals surface area (Å²) in [6, 6.07) is 14.3. The van der Waals surface area contributed by atoms with Gasteiger partial charge in [-0.2, -0.15) is 0 Å². The van der Waals surface area contributed by atoms with Crippen molar-refractivity contribution in [2.45, 2.75) is 31.8 Å². The van der Waals surface area contributed by atoms with E-state index in [1.807, 2.05) is 0 Å². The van der Waals surface area contributed by atoms with Crippen molar-refractivity contribution in [3.63, 3.8) is 0 Å². The molecule has 0 spiro atoms. The van der Waals surface area contributed by atoms with Crippen LogP contribution in [0.25, 0.3) is 0 Å². The Morgan fingerprint density at radius 3 is 2.42 bits per heavy atom. The van der Waals surface area contributed by atoms with E-state index in [1.165, 1.54) is 25.4 Å². The molecule has 1 atom stereocenters. The Labute approximate surface area is 192 Å². The number of amides is 3. The molecule has 0 unspecified atom stereocenters. The number of carboxylic acids is 1. The number of urea groups is 1. The van der Waals surface area contributed by atoms with E-state index >= 15 is 0 Å². The van der Waals surface area contributed by atoms with Crippen molar-refractivity contribution < 1.29 is 19.5 Å². The molecule has 1 fully saturated rings. The standard InChI is InChI=1S/C23H28N6O4/c1-23(21(31)32,27-20(30)17-9-8-10-18(15-17)25-16-26-24)29(19-11-4-2-5-12-19)22(33)28-13-6-3-7-14-28/h2,4-5,8-12,15-16H,3,6-7,13-14,24H2,1H3,(H,25,26)(H,27,30)(H,31,32)/t23-/m0/s1. The minimum Gasteiger partial charge on any atom is -0.478 e. The maximum atomic E-state index is 13.5. The lowest BCUT2D eigenvalue weighted by Gasteiger charge is -2.41. The highest BCUT2D eigenvalue weighted by Crippen LogP contribution is 2.27. The smallest absolute Gasteiger partial charge is 0.350 e. The summed E-state index contributed by atoms with van der Waals surface area (Å²) in [4.78, 5) is 46.0. The molecule has 1 aliphatic heterocycles. The Morgan fingerprint density at radius 2 is 1.79 bits per heavy atom. The number of carbonyl (C=O) groups is 3. The van der Waals surface area contributed by atoms with E-state index in [0.717, 1.165) is 24.2 Å². The average molecular weight is 453 g/mol. The number of carboxylic acid groups (broad SMARTS) is 1. The Hall–Kier alpha value is -3.92. The van der Waals surface area contributed by atoms with Crippen molar-refractivity contribution in [2.24, 2.45) is 10.8 Å². The minimum atomic E-state index is -2.05. The summed E-state index contributed by atoms with van der Waals surface area (Å²) in [6.07, 6.45) is 3.96. The number of nitrogens with zero attached hydrogens (tertiary/aromatic N) is 3. The summed E-state index contributed by atoms with van der Waals surface area (Å²) in [7, 11) is 0. The van der Waals surface area contributed by atoms with Crippen LogP contribution in [0.1, 0.15) is 36.5 Å². The third kappa shape index (κ3) is 5.47. The van der Waals surface area contributed by atoms with Crippen LogP contribution >= 0.6 is 0 Å². The van der Waals surface area contributed by atoms with Crippen molar-refractivity contribution in [2.75, 3.05) is 18.0 Å². The van der Waals surface area contributed by atoms with E-state index in [-0.39, 0.29) is 5.56 Å². The van der Waals surface area contributed by atoms with Crippen LogP contribution < -0.4 is 21.5 Å². The third-order valence-corrected chi connectivity index (χ3v) is 5.45. The number of nitrogens with two attached hydrogens (primary N) is 1. The number of nitrogens with one attached hydrogen (secondary N) is 2. The lowest BCUT2D eigenvalue weighted by molar-refractivity contribution is -0.143. The molecule has 0 radical (unpaired) electrons. The summed E-state index contributed by atoms with van der Waals surface area (Å²) < 4.78 is 0. The quantitative estimate of drug-likeness (QED) is 0.167. The molecule has 10 nitrogen and oxygen atoms in total. The molecule has 0 bridgehead atoms. The van der Waals surface area contributed by atoms with E-state index in [0.29, 0.717) is 24.5 Å². The van der Waals surface area contributed by atoms with Crippen LogP contribution in [0.15, 0.2) is 59.6 Å². The number of para-hydroxylation sites is 1. The van der Waals surface area contributed by atoms with Crippen molar-refractivity contribution >= 4 is 35.6 Å². The van der Waals surface area contributed by atoms with E-state index in [2.05, 4.69) is 15.7 Å². The number of hydrogen-bond donors (Lipinski definition) is 4. The van der Waals surface area contributed by atoms with E-state index in [4.69, 9.17) is 5.84 Å². The van der Waals surface area contributed by atoms with Gasteiger partial charge in [-0.3, -0.25) is 9.69 Å². The predicted molar refractivity (Wildman–Crippen MR) is 125 cm³/mol. The van der Waals surface area contributed by atoms with E-state index < -0.39 is 23.6 Å². The fourth-order valence-corrected chi connectivity index (χ4v) is 3.70. The average Bonchev–Trinajstić information content (AvgIpc) is 2.84. The molecule has 2 aromatic carbocycles. The molecular weight excluding hydrogens is 424 g/mol. The van der Waals surface area contributed by atoms with Crippen LogP contribution in [0, 0.1) is 0 Å². The first kappa shape index (κ1) is 23.7. The van der Waals surface area contributed by atoms with Crippen LogP contribution in [0.5, 0.6) is 0 Å². The van der Waals surface area contributed by atoms with Gasteiger partial charge in [-0.05, 0) is 56.5 Å². The summed E-state index contributed by atoms with van der Waals surface area (Å²) in [5, 5.41) is 12.8. The SMILES string of the molecule is C[C@@](NC(=O)c1cccc(N=CNN)c1)(C(=O)O)N(C(=O)N1CCCCC1)c1ccccc1. The maximum absolute atomic E-state index is 13.5. The van der Waals surface area contributed by atoms with Crippen LogP contribution in [0.2, 0.25) is 0 Å². The van der Waals surface area contributed by atoms with Gasteiger partial charge in [-0.25, -0.2) is 20.4 Å². The summed E-state index contributed by atoms with van der Waals surface area (Å²) in [5.74, 6) is 3.15. The molecule has 0 aliphatic carbocycles. The number of aliphatic imine (C=N–C) groups is 1. The number of aliphatic carboxylic acids is 1. The number of anilines is 1. The van der Waals surface area contributed by atoms with Gasteiger partial charge in [0.05, 0.1) is 5.69 Å².